The van der Waals surface area contributed by atoms with Gasteiger partial charge in [0.25, 0.3) is 5.91 Å². The van der Waals surface area contributed by atoms with Gasteiger partial charge in [-0.1, -0.05) is 26.0 Å². The number of aromatic carboxylic acids is 1. The number of anilines is 1. The molecule has 0 aliphatic heterocycles. The Morgan fingerprint density at radius 1 is 1.21 bits per heavy atom. The van der Waals surface area contributed by atoms with Gasteiger partial charge in [-0.25, -0.2) is 4.79 Å². The fourth-order valence-electron chi connectivity index (χ4n) is 2.06. The molecule has 0 aliphatic carbocycles. The molecule has 0 saturated heterocycles. The number of carboxylic acids is 1. The summed E-state index contributed by atoms with van der Waals surface area (Å²) in [5, 5.41) is 11.6. The number of rotatable bonds is 6. The van der Waals surface area contributed by atoms with E-state index in [4.69, 9.17) is 9.84 Å². The highest BCUT2D eigenvalue weighted by Gasteiger charge is 2.09. The number of carbonyl (C=O) groups excluding carboxylic acids is 1. The first-order valence-electron chi connectivity index (χ1n) is 7.42. The zero-order chi connectivity index (χ0) is 17.7. The van der Waals surface area contributed by atoms with Gasteiger partial charge < -0.3 is 15.2 Å². The van der Waals surface area contributed by atoms with Gasteiger partial charge in [0.1, 0.15) is 5.75 Å². The molecule has 0 bridgehead atoms. The Bertz CT molecular complexity index is 758. The Labute approximate surface area is 148 Å². The Balaban J connectivity index is 1.96. The van der Waals surface area contributed by atoms with Crippen molar-refractivity contribution in [3.05, 3.63) is 58.1 Å². The molecule has 0 aliphatic rings. The van der Waals surface area contributed by atoms with Crippen LogP contribution in [0.25, 0.3) is 0 Å². The van der Waals surface area contributed by atoms with Gasteiger partial charge in [-0.05, 0) is 57.7 Å². The molecular weight excluding hydrogens is 374 g/mol. The highest BCUT2D eigenvalue weighted by Crippen LogP contribution is 2.28. The molecule has 6 heteroatoms. The van der Waals surface area contributed by atoms with Crippen LogP contribution in [0.4, 0.5) is 5.69 Å². The quantitative estimate of drug-likeness (QED) is 0.769. The molecule has 1 amide bonds. The topological polar surface area (TPSA) is 75.6 Å². The van der Waals surface area contributed by atoms with Gasteiger partial charge in [0.05, 0.1) is 10.0 Å². The van der Waals surface area contributed by atoms with Gasteiger partial charge in [0.15, 0.2) is 6.61 Å². The van der Waals surface area contributed by atoms with Crippen LogP contribution in [0.3, 0.4) is 0 Å². The number of ether oxygens (including phenoxy) is 1. The van der Waals surface area contributed by atoms with Crippen LogP contribution < -0.4 is 10.1 Å². The van der Waals surface area contributed by atoms with E-state index in [1.807, 2.05) is 18.2 Å². The van der Waals surface area contributed by atoms with E-state index >= 15 is 0 Å². The van der Waals surface area contributed by atoms with Crippen molar-refractivity contribution in [2.24, 2.45) is 0 Å². The summed E-state index contributed by atoms with van der Waals surface area (Å²) in [4.78, 5) is 22.9. The molecular formula is C18H18BrNO4. The summed E-state index contributed by atoms with van der Waals surface area (Å²) in [5.41, 5.74) is 1.70. The fourth-order valence-corrected chi connectivity index (χ4v) is 2.57. The van der Waals surface area contributed by atoms with Crippen LogP contribution >= 0.6 is 15.9 Å². The van der Waals surface area contributed by atoms with Crippen LogP contribution in [-0.4, -0.2) is 23.6 Å². The SMILES string of the molecule is CC(C)c1ccc(OCC(=O)Nc2cccc(C(=O)O)c2)c(Br)c1. The lowest BCUT2D eigenvalue weighted by Gasteiger charge is -2.11. The second kappa shape index (κ2) is 7.97. The van der Waals surface area contributed by atoms with Gasteiger partial charge in [-0.3, -0.25) is 4.79 Å². The molecule has 0 fully saturated rings. The van der Waals surface area contributed by atoms with Crippen LogP contribution in [0.5, 0.6) is 5.75 Å². The van der Waals surface area contributed by atoms with Crippen molar-refractivity contribution in [2.45, 2.75) is 19.8 Å². The fraction of sp³-hybridized carbons (Fsp3) is 0.222. The number of hydrogen-bond donors (Lipinski definition) is 2. The number of halogens is 1. The van der Waals surface area contributed by atoms with E-state index in [1.54, 1.807) is 12.1 Å². The maximum absolute atomic E-state index is 12.0. The third-order valence-corrected chi connectivity index (χ3v) is 3.99. The van der Waals surface area contributed by atoms with Crippen molar-refractivity contribution in [1.29, 1.82) is 0 Å². The number of benzene rings is 2. The average Bonchev–Trinajstić information content (AvgIpc) is 2.53. The predicted octanol–water partition coefficient (Wildman–Crippen LogP) is 4.29. The molecule has 24 heavy (non-hydrogen) atoms. The zero-order valence-electron chi connectivity index (χ0n) is 13.4. The van der Waals surface area contributed by atoms with E-state index in [2.05, 4.69) is 35.1 Å². The largest absolute Gasteiger partial charge is 0.483 e. The first-order chi connectivity index (χ1) is 11.4. The van der Waals surface area contributed by atoms with Crippen molar-refractivity contribution < 1.29 is 19.4 Å². The standard InChI is InChI=1S/C18H18BrNO4/c1-11(2)12-6-7-16(15(19)9-12)24-10-17(21)20-14-5-3-4-13(8-14)18(22)23/h3-9,11H,10H2,1-2H3,(H,20,21)(H,22,23). The lowest BCUT2D eigenvalue weighted by molar-refractivity contribution is -0.118. The summed E-state index contributed by atoms with van der Waals surface area (Å²) in [6, 6.07) is 11.8. The van der Waals surface area contributed by atoms with E-state index in [1.165, 1.54) is 17.7 Å². The monoisotopic (exact) mass is 391 g/mol. The molecule has 0 aromatic heterocycles. The second-order valence-corrected chi connectivity index (χ2v) is 6.42. The molecule has 0 saturated carbocycles. The van der Waals surface area contributed by atoms with E-state index in [-0.39, 0.29) is 18.1 Å². The molecule has 2 rings (SSSR count). The zero-order valence-corrected chi connectivity index (χ0v) is 15.0. The molecule has 0 heterocycles. The summed E-state index contributed by atoms with van der Waals surface area (Å²) in [7, 11) is 0. The normalized spacial score (nSPS) is 10.5. The minimum atomic E-state index is -1.04. The van der Waals surface area contributed by atoms with Crippen LogP contribution in [0, 0.1) is 0 Å². The van der Waals surface area contributed by atoms with Crippen molar-refractivity contribution in [1.82, 2.24) is 0 Å². The van der Waals surface area contributed by atoms with Crippen molar-refractivity contribution >= 4 is 33.5 Å². The lowest BCUT2D eigenvalue weighted by atomic mass is 10.0. The van der Waals surface area contributed by atoms with E-state index < -0.39 is 5.97 Å². The number of hydrogen-bond acceptors (Lipinski definition) is 3. The maximum Gasteiger partial charge on any atom is 0.335 e. The van der Waals surface area contributed by atoms with Crippen LogP contribution in [0.15, 0.2) is 46.9 Å². The highest BCUT2D eigenvalue weighted by atomic mass is 79.9. The first kappa shape index (κ1) is 18.0. The number of amides is 1. The van der Waals surface area contributed by atoms with Crippen LogP contribution in [0.1, 0.15) is 35.7 Å². The third kappa shape index (κ3) is 4.83. The summed E-state index contributed by atoms with van der Waals surface area (Å²) in [6.45, 7) is 4.03. The molecule has 2 N–H and O–H groups in total. The van der Waals surface area contributed by atoms with Gasteiger partial charge in [-0.2, -0.15) is 0 Å². The Morgan fingerprint density at radius 3 is 2.58 bits per heavy atom. The molecule has 2 aromatic rings. The molecule has 0 unspecified atom stereocenters. The van der Waals surface area contributed by atoms with E-state index in [0.29, 0.717) is 17.4 Å². The Kier molecular flexibility index (Phi) is 5.98. The highest BCUT2D eigenvalue weighted by molar-refractivity contribution is 9.10. The number of carbonyl (C=O) groups is 2. The van der Waals surface area contributed by atoms with Crippen LogP contribution in [-0.2, 0) is 4.79 Å². The van der Waals surface area contributed by atoms with E-state index in [9.17, 15) is 9.59 Å². The van der Waals surface area contributed by atoms with Crippen molar-refractivity contribution in [2.75, 3.05) is 11.9 Å². The molecule has 5 nitrogen and oxygen atoms in total. The summed E-state index contributed by atoms with van der Waals surface area (Å²) in [6.07, 6.45) is 0. The predicted molar refractivity (Wildman–Crippen MR) is 95.8 cm³/mol. The lowest BCUT2D eigenvalue weighted by Crippen LogP contribution is -2.20. The van der Waals surface area contributed by atoms with Crippen LogP contribution in [0.2, 0.25) is 0 Å². The third-order valence-electron chi connectivity index (χ3n) is 3.37. The van der Waals surface area contributed by atoms with Gasteiger partial charge in [-0.15, -0.1) is 0 Å². The molecule has 0 radical (unpaired) electrons. The summed E-state index contributed by atoms with van der Waals surface area (Å²) >= 11 is 3.44. The molecule has 126 valence electrons. The van der Waals surface area contributed by atoms with Gasteiger partial charge in [0.2, 0.25) is 0 Å². The van der Waals surface area contributed by atoms with Crippen molar-refractivity contribution in [3.8, 4) is 5.75 Å². The summed E-state index contributed by atoms with van der Waals surface area (Å²) in [5.74, 6) is -0.428. The number of carboxylic acid groups (broad SMARTS) is 1. The van der Waals surface area contributed by atoms with Gasteiger partial charge >= 0.3 is 5.97 Å². The van der Waals surface area contributed by atoms with E-state index in [0.717, 1.165) is 4.47 Å². The molecule has 2 aromatic carbocycles. The smallest absolute Gasteiger partial charge is 0.335 e. The van der Waals surface area contributed by atoms with Gasteiger partial charge in [0, 0.05) is 5.69 Å². The second-order valence-electron chi connectivity index (χ2n) is 5.57. The first-order valence-corrected chi connectivity index (χ1v) is 8.21. The average molecular weight is 392 g/mol. The Hall–Kier alpha value is -2.34. The molecule has 0 atom stereocenters. The Morgan fingerprint density at radius 2 is 1.96 bits per heavy atom. The minimum absolute atomic E-state index is 0.112. The number of nitrogens with one attached hydrogen (secondary N) is 1. The molecule has 0 spiro atoms. The summed E-state index contributed by atoms with van der Waals surface area (Å²) < 4.78 is 6.29. The maximum atomic E-state index is 12.0. The van der Waals surface area contributed by atoms with Crippen molar-refractivity contribution in [3.63, 3.8) is 0 Å². The minimum Gasteiger partial charge on any atom is -0.483 e.